The first kappa shape index (κ1) is 17.6. The molecule has 6 nitrogen and oxygen atoms in total. The van der Waals surface area contributed by atoms with Crippen LogP contribution in [0.5, 0.6) is 0 Å². The van der Waals surface area contributed by atoms with Crippen LogP contribution in [0.2, 0.25) is 0 Å². The fraction of sp³-hybridized carbons (Fsp3) is 0.389. The monoisotopic (exact) mass is 358 g/mol. The summed E-state index contributed by atoms with van der Waals surface area (Å²) in [4.78, 5) is 32.5. The Bertz CT molecular complexity index is 770. The van der Waals surface area contributed by atoms with E-state index in [0.717, 1.165) is 17.1 Å². The van der Waals surface area contributed by atoms with Gasteiger partial charge in [0.05, 0.1) is 0 Å². The molecule has 0 saturated carbocycles. The van der Waals surface area contributed by atoms with Crippen molar-refractivity contribution in [2.75, 3.05) is 24.3 Å². The van der Waals surface area contributed by atoms with Gasteiger partial charge in [-0.3, -0.25) is 9.59 Å². The molecule has 1 unspecified atom stereocenters. The fourth-order valence-electron chi connectivity index (χ4n) is 2.89. The van der Waals surface area contributed by atoms with Crippen molar-refractivity contribution in [2.24, 2.45) is 0 Å². The number of rotatable bonds is 5. The summed E-state index contributed by atoms with van der Waals surface area (Å²) in [7, 11) is 3.93. The molecule has 1 aromatic heterocycles. The quantitative estimate of drug-likeness (QED) is 0.892. The molecule has 1 aromatic carbocycles. The number of carbonyl (C=O) groups is 2. The molecule has 25 heavy (non-hydrogen) atoms. The van der Waals surface area contributed by atoms with Crippen LogP contribution in [0.4, 0.5) is 11.4 Å². The zero-order valence-electron chi connectivity index (χ0n) is 14.7. The van der Waals surface area contributed by atoms with Gasteiger partial charge in [-0.25, -0.2) is 4.98 Å². The molecule has 0 radical (unpaired) electrons. The number of benzene rings is 1. The van der Waals surface area contributed by atoms with Crippen LogP contribution in [0.15, 0.2) is 29.6 Å². The van der Waals surface area contributed by atoms with E-state index >= 15 is 0 Å². The molecule has 3 rings (SSSR count). The summed E-state index contributed by atoms with van der Waals surface area (Å²) < 4.78 is 0. The second kappa shape index (κ2) is 7.33. The first-order valence-corrected chi connectivity index (χ1v) is 9.14. The maximum atomic E-state index is 12.3. The summed E-state index contributed by atoms with van der Waals surface area (Å²) >= 11 is 1.48. The lowest BCUT2D eigenvalue weighted by Crippen LogP contribution is -2.30. The molecule has 1 aliphatic heterocycles. The Morgan fingerprint density at radius 2 is 2.08 bits per heavy atom. The largest absolute Gasteiger partial charge is 0.321 e. The Labute approximate surface area is 151 Å². The van der Waals surface area contributed by atoms with E-state index in [1.54, 1.807) is 5.38 Å². The van der Waals surface area contributed by atoms with Gasteiger partial charge in [0.2, 0.25) is 5.91 Å². The first-order valence-electron chi connectivity index (χ1n) is 8.26. The summed E-state index contributed by atoms with van der Waals surface area (Å²) in [6, 6.07) is 7.59. The van der Waals surface area contributed by atoms with E-state index in [-0.39, 0.29) is 17.9 Å². The lowest BCUT2D eigenvalue weighted by Gasteiger charge is -2.21. The third-order valence-corrected chi connectivity index (χ3v) is 4.96. The highest BCUT2D eigenvalue weighted by Gasteiger charge is 2.28. The van der Waals surface area contributed by atoms with Gasteiger partial charge in [0, 0.05) is 35.8 Å². The molecule has 132 valence electrons. The molecule has 1 atom stereocenters. The third kappa shape index (κ3) is 4.05. The Kier molecular flexibility index (Phi) is 5.15. The normalized spacial score (nSPS) is 17.4. The van der Waals surface area contributed by atoms with E-state index in [0.29, 0.717) is 24.3 Å². The Morgan fingerprint density at radius 3 is 2.68 bits per heavy atom. The van der Waals surface area contributed by atoms with Gasteiger partial charge in [0.1, 0.15) is 10.7 Å². The van der Waals surface area contributed by atoms with Crippen LogP contribution in [0, 0.1) is 0 Å². The molecule has 1 saturated heterocycles. The Morgan fingerprint density at radius 1 is 1.36 bits per heavy atom. The summed E-state index contributed by atoms with van der Waals surface area (Å²) in [6.07, 6.45) is 1.48. The number of hydrogen-bond donors (Lipinski definition) is 1. The minimum absolute atomic E-state index is 0.153. The molecule has 2 amide bonds. The van der Waals surface area contributed by atoms with Gasteiger partial charge in [-0.05, 0) is 51.7 Å². The maximum absolute atomic E-state index is 12.3. The number of amides is 2. The molecule has 0 spiro atoms. The number of anilines is 2. The number of aromatic nitrogens is 1. The van der Waals surface area contributed by atoms with Crippen LogP contribution < -0.4 is 10.2 Å². The predicted octanol–water partition coefficient (Wildman–Crippen LogP) is 2.97. The summed E-state index contributed by atoms with van der Waals surface area (Å²) in [5.74, 6) is -0.0696. The number of hydrogen-bond acceptors (Lipinski definition) is 5. The molecule has 7 heteroatoms. The van der Waals surface area contributed by atoms with Crippen molar-refractivity contribution in [3.63, 3.8) is 0 Å². The zero-order chi connectivity index (χ0) is 18.0. The topological polar surface area (TPSA) is 65.5 Å². The van der Waals surface area contributed by atoms with E-state index in [1.807, 2.05) is 55.1 Å². The predicted molar refractivity (Wildman–Crippen MR) is 100 cm³/mol. The minimum atomic E-state index is -0.223. The first-order chi connectivity index (χ1) is 11.9. The Hall–Kier alpha value is -2.25. The highest BCUT2D eigenvalue weighted by Crippen LogP contribution is 2.27. The number of nitrogens with zero attached hydrogens (tertiary/aromatic N) is 3. The maximum Gasteiger partial charge on any atom is 0.275 e. The smallest absolute Gasteiger partial charge is 0.275 e. The van der Waals surface area contributed by atoms with E-state index in [4.69, 9.17) is 0 Å². The standard InChI is InChI=1S/C18H22N4O2S/c1-12-4-9-17(23)22(12)14-7-5-13(6-8-14)19-18(24)15-11-25-16(20-15)10-21(2)3/h5-8,11-12H,4,9-10H2,1-3H3,(H,19,24). The van der Waals surface area contributed by atoms with Gasteiger partial charge in [-0.15, -0.1) is 11.3 Å². The number of thiazole rings is 1. The molecule has 2 heterocycles. The molecule has 0 aliphatic carbocycles. The lowest BCUT2D eigenvalue weighted by atomic mass is 10.2. The van der Waals surface area contributed by atoms with Gasteiger partial charge in [0.15, 0.2) is 0 Å². The van der Waals surface area contributed by atoms with Crippen molar-refractivity contribution in [3.8, 4) is 0 Å². The van der Waals surface area contributed by atoms with E-state index in [2.05, 4.69) is 10.3 Å². The second-order valence-electron chi connectivity index (χ2n) is 6.52. The van der Waals surface area contributed by atoms with Gasteiger partial charge in [-0.1, -0.05) is 0 Å². The second-order valence-corrected chi connectivity index (χ2v) is 7.46. The molecular weight excluding hydrogens is 336 g/mol. The van der Waals surface area contributed by atoms with Crippen LogP contribution in [-0.2, 0) is 11.3 Å². The van der Waals surface area contributed by atoms with Crippen molar-refractivity contribution in [2.45, 2.75) is 32.4 Å². The van der Waals surface area contributed by atoms with Crippen LogP contribution in [0.1, 0.15) is 35.3 Å². The molecule has 2 aromatic rings. The van der Waals surface area contributed by atoms with Crippen molar-refractivity contribution >= 4 is 34.5 Å². The summed E-state index contributed by atoms with van der Waals surface area (Å²) in [5, 5.41) is 5.53. The molecule has 1 fully saturated rings. The van der Waals surface area contributed by atoms with Crippen LogP contribution >= 0.6 is 11.3 Å². The van der Waals surface area contributed by atoms with Crippen molar-refractivity contribution in [1.82, 2.24) is 9.88 Å². The molecule has 1 aliphatic rings. The number of nitrogens with one attached hydrogen (secondary N) is 1. The molecule has 0 bridgehead atoms. The average Bonchev–Trinajstić information content (AvgIpc) is 3.15. The van der Waals surface area contributed by atoms with E-state index < -0.39 is 0 Å². The van der Waals surface area contributed by atoms with Crippen molar-refractivity contribution in [1.29, 1.82) is 0 Å². The lowest BCUT2D eigenvalue weighted by molar-refractivity contribution is -0.117. The van der Waals surface area contributed by atoms with Crippen molar-refractivity contribution in [3.05, 3.63) is 40.3 Å². The third-order valence-electron chi connectivity index (χ3n) is 4.12. The average molecular weight is 358 g/mol. The minimum Gasteiger partial charge on any atom is -0.321 e. The molecular formula is C18H22N4O2S. The SMILES string of the molecule is CC1CCC(=O)N1c1ccc(NC(=O)c2csc(CN(C)C)n2)cc1. The van der Waals surface area contributed by atoms with Gasteiger partial charge < -0.3 is 15.1 Å². The van der Waals surface area contributed by atoms with E-state index in [1.165, 1.54) is 11.3 Å². The Balaban J connectivity index is 1.66. The highest BCUT2D eigenvalue weighted by atomic mass is 32.1. The zero-order valence-corrected chi connectivity index (χ0v) is 15.5. The highest BCUT2D eigenvalue weighted by molar-refractivity contribution is 7.09. The number of carbonyl (C=O) groups excluding carboxylic acids is 2. The molecule has 1 N–H and O–H groups in total. The van der Waals surface area contributed by atoms with Crippen LogP contribution in [0.25, 0.3) is 0 Å². The van der Waals surface area contributed by atoms with Gasteiger partial charge >= 0.3 is 0 Å². The summed E-state index contributed by atoms with van der Waals surface area (Å²) in [5.41, 5.74) is 1.99. The van der Waals surface area contributed by atoms with Gasteiger partial charge in [0.25, 0.3) is 5.91 Å². The van der Waals surface area contributed by atoms with E-state index in [9.17, 15) is 9.59 Å². The summed E-state index contributed by atoms with van der Waals surface area (Å²) in [6.45, 7) is 2.77. The van der Waals surface area contributed by atoms with Crippen LogP contribution in [-0.4, -0.2) is 41.8 Å². The van der Waals surface area contributed by atoms with Gasteiger partial charge in [-0.2, -0.15) is 0 Å². The van der Waals surface area contributed by atoms with Crippen molar-refractivity contribution < 1.29 is 9.59 Å². The fourth-order valence-corrected chi connectivity index (χ4v) is 3.78. The van der Waals surface area contributed by atoms with Crippen LogP contribution in [0.3, 0.4) is 0 Å².